The van der Waals surface area contributed by atoms with Crippen molar-refractivity contribution >= 4 is 55.7 Å². The highest BCUT2D eigenvalue weighted by atomic mass is 79.9. The molecule has 0 aliphatic heterocycles. The Labute approximate surface area is 153 Å². The van der Waals surface area contributed by atoms with Gasteiger partial charge < -0.3 is 10.4 Å². The highest BCUT2D eigenvalue weighted by molar-refractivity contribution is 9.10. The van der Waals surface area contributed by atoms with E-state index in [1.165, 1.54) is 11.3 Å². The normalized spacial score (nSPS) is 10.6. The third-order valence-corrected chi connectivity index (χ3v) is 5.50. The molecule has 3 rings (SSSR count). The van der Waals surface area contributed by atoms with Crippen LogP contribution in [0, 0.1) is 6.92 Å². The number of carbonyl (C=O) groups is 2. The van der Waals surface area contributed by atoms with E-state index in [0.29, 0.717) is 21.1 Å². The topological polar surface area (TPSA) is 92.2 Å². The van der Waals surface area contributed by atoms with Gasteiger partial charge in [0.05, 0.1) is 5.69 Å². The minimum Gasteiger partial charge on any atom is -0.478 e. The summed E-state index contributed by atoms with van der Waals surface area (Å²) in [5, 5.41) is 18.0. The van der Waals surface area contributed by atoms with Gasteiger partial charge in [0.15, 0.2) is 0 Å². The Morgan fingerprint density at radius 1 is 1.25 bits per heavy atom. The number of aromatic nitrogens is 2. The van der Waals surface area contributed by atoms with Crippen molar-refractivity contribution in [3.63, 3.8) is 0 Å². The number of aromatic carboxylic acids is 1. The molecule has 122 valence electrons. The highest BCUT2D eigenvalue weighted by Crippen LogP contribution is 2.36. The first-order chi connectivity index (χ1) is 11.5. The number of halogens is 1. The third-order valence-electron chi connectivity index (χ3n) is 3.24. The van der Waals surface area contributed by atoms with Gasteiger partial charge in [0, 0.05) is 15.4 Å². The van der Waals surface area contributed by atoms with Gasteiger partial charge in [0.25, 0.3) is 5.91 Å². The third kappa shape index (κ3) is 3.23. The van der Waals surface area contributed by atoms with Gasteiger partial charge in [-0.1, -0.05) is 32.6 Å². The molecule has 0 unspecified atom stereocenters. The molecule has 0 saturated heterocycles. The number of hydrogen-bond acceptors (Lipinski definition) is 6. The molecule has 0 aliphatic carbocycles. The van der Waals surface area contributed by atoms with E-state index < -0.39 is 11.9 Å². The van der Waals surface area contributed by atoms with Crippen LogP contribution in [0.1, 0.15) is 25.7 Å². The van der Waals surface area contributed by atoms with Crippen molar-refractivity contribution in [2.45, 2.75) is 6.92 Å². The monoisotopic (exact) mass is 423 g/mol. The van der Waals surface area contributed by atoms with Crippen LogP contribution in [-0.2, 0) is 0 Å². The van der Waals surface area contributed by atoms with Crippen LogP contribution < -0.4 is 5.32 Å². The summed E-state index contributed by atoms with van der Waals surface area (Å²) in [6, 6.07) is 7.31. The first-order valence-electron chi connectivity index (χ1n) is 6.68. The van der Waals surface area contributed by atoms with E-state index in [2.05, 4.69) is 30.8 Å². The van der Waals surface area contributed by atoms with Crippen LogP contribution in [0.25, 0.3) is 11.1 Å². The molecule has 0 saturated carbocycles. The molecule has 2 N–H and O–H groups in total. The average molecular weight is 424 g/mol. The van der Waals surface area contributed by atoms with Gasteiger partial charge in [-0.2, -0.15) is 0 Å². The zero-order valence-corrected chi connectivity index (χ0v) is 15.5. The van der Waals surface area contributed by atoms with Crippen LogP contribution in [0.2, 0.25) is 0 Å². The minimum atomic E-state index is -1.09. The summed E-state index contributed by atoms with van der Waals surface area (Å²) >= 11 is 5.50. The molecule has 2 aromatic heterocycles. The van der Waals surface area contributed by atoms with Crippen LogP contribution in [0.15, 0.2) is 34.1 Å². The fraction of sp³-hybridized carbons (Fsp3) is 0.0667. The highest BCUT2D eigenvalue weighted by Gasteiger charge is 2.22. The molecule has 0 fully saturated rings. The fourth-order valence-corrected chi connectivity index (χ4v) is 3.88. The van der Waals surface area contributed by atoms with Crippen LogP contribution in [0.3, 0.4) is 0 Å². The Balaban J connectivity index is 1.98. The predicted octanol–water partition coefficient (Wildman–Crippen LogP) is 4.29. The van der Waals surface area contributed by atoms with Crippen molar-refractivity contribution in [2.75, 3.05) is 5.32 Å². The van der Waals surface area contributed by atoms with Crippen LogP contribution in [0.4, 0.5) is 5.00 Å². The molecule has 24 heavy (non-hydrogen) atoms. The van der Waals surface area contributed by atoms with Gasteiger partial charge in [-0.3, -0.25) is 4.79 Å². The van der Waals surface area contributed by atoms with Crippen molar-refractivity contribution in [1.82, 2.24) is 9.59 Å². The number of amides is 1. The Bertz CT molecular complexity index is 918. The van der Waals surface area contributed by atoms with E-state index in [0.717, 1.165) is 21.6 Å². The van der Waals surface area contributed by atoms with Gasteiger partial charge >= 0.3 is 5.97 Å². The summed E-state index contributed by atoms with van der Waals surface area (Å²) in [6.45, 7) is 1.68. The largest absolute Gasteiger partial charge is 0.478 e. The lowest BCUT2D eigenvalue weighted by molar-refractivity contribution is 0.0699. The zero-order chi connectivity index (χ0) is 17.3. The molecule has 0 bridgehead atoms. The zero-order valence-electron chi connectivity index (χ0n) is 12.2. The first-order valence-corrected chi connectivity index (χ1v) is 9.13. The maximum atomic E-state index is 12.3. The Morgan fingerprint density at radius 3 is 2.54 bits per heavy atom. The second kappa shape index (κ2) is 6.80. The molecular weight excluding hydrogens is 414 g/mol. The van der Waals surface area contributed by atoms with Gasteiger partial charge in [0.2, 0.25) is 0 Å². The maximum Gasteiger partial charge on any atom is 0.339 e. The summed E-state index contributed by atoms with van der Waals surface area (Å²) in [6.07, 6.45) is 0. The van der Waals surface area contributed by atoms with Gasteiger partial charge in [-0.05, 0) is 36.2 Å². The number of carboxylic acids is 1. The van der Waals surface area contributed by atoms with Crippen LogP contribution in [0.5, 0.6) is 0 Å². The van der Waals surface area contributed by atoms with Crippen molar-refractivity contribution in [1.29, 1.82) is 0 Å². The molecule has 0 atom stereocenters. The Kier molecular flexibility index (Phi) is 4.74. The second-order valence-electron chi connectivity index (χ2n) is 4.81. The second-order valence-corrected chi connectivity index (χ2v) is 7.36. The molecule has 0 radical (unpaired) electrons. The summed E-state index contributed by atoms with van der Waals surface area (Å²) in [5.41, 5.74) is 1.92. The Hall–Kier alpha value is -2.10. The fourth-order valence-electron chi connectivity index (χ4n) is 2.10. The number of aryl methyl sites for hydroxylation is 1. The van der Waals surface area contributed by atoms with E-state index >= 15 is 0 Å². The number of benzene rings is 1. The number of rotatable bonds is 4. The summed E-state index contributed by atoms with van der Waals surface area (Å²) in [7, 11) is 0. The molecule has 2 heterocycles. The minimum absolute atomic E-state index is 0.0748. The van der Waals surface area contributed by atoms with Crippen molar-refractivity contribution in [3.8, 4) is 11.1 Å². The molecule has 1 amide bonds. The van der Waals surface area contributed by atoms with E-state index in [-0.39, 0.29) is 5.56 Å². The molecule has 1 aromatic carbocycles. The van der Waals surface area contributed by atoms with Gasteiger partial charge in [0.1, 0.15) is 15.4 Å². The van der Waals surface area contributed by atoms with Crippen molar-refractivity contribution < 1.29 is 14.7 Å². The van der Waals surface area contributed by atoms with E-state index in [1.807, 2.05) is 24.3 Å². The molecule has 6 nitrogen and oxygen atoms in total. The van der Waals surface area contributed by atoms with Gasteiger partial charge in [-0.25, -0.2) is 4.79 Å². The van der Waals surface area contributed by atoms with Crippen LogP contribution >= 0.6 is 38.8 Å². The number of hydrogen-bond donors (Lipinski definition) is 2. The summed E-state index contributed by atoms with van der Waals surface area (Å²) in [4.78, 5) is 24.4. The maximum absolute atomic E-state index is 12.3. The number of carbonyl (C=O) groups excluding carboxylic acids is 1. The summed E-state index contributed by atoms with van der Waals surface area (Å²) in [5.74, 6) is -1.50. The quantitative estimate of drug-likeness (QED) is 0.652. The van der Waals surface area contributed by atoms with E-state index in [1.54, 1.807) is 12.3 Å². The standard InChI is InChI=1S/C15H10BrN3O3S2/c1-7-12(24-19-18-7)13(20)17-14-11(15(21)22)10(6-23-14)8-2-4-9(16)5-3-8/h2-6H,1H3,(H,17,20)(H,21,22). The van der Waals surface area contributed by atoms with Crippen LogP contribution in [-0.4, -0.2) is 26.6 Å². The average Bonchev–Trinajstić information content (AvgIpc) is 3.14. The molecule has 0 spiro atoms. The lowest BCUT2D eigenvalue weighted by Crippen LogP contribution is -2.13. The lowest BCUT2D eigenvalue weighted by Gasteiger charge is -2.05. The smallest absolute Gasteiger partial charge is 0.339 e. The molecule has 0 aliphatic rings. The molecular formula is C15H10BrN3O3S2. The number of carboxylic acid groups (broad SMARTS) is 1. The SMILES string of the molecule is Cc1nnsc1C(=O)Nc1scc(-c2ccc(Br)cc2)c1C(=O)O. The number of nitrogens with zero attached hydrogens (tertiary/aromatic N) is 2. The number of thiophene rings is 1. The number of nitrogens with one attached hydrogen (secondary N) is 1. The van der Waals surface area contributed by atoms with E-state index in [9.17, 15) is 14.7 Å². The van der Waals surface area contributed by atoms with Crippen molar-refractivity contribution in [3.05, 3.63) is 50.3 Å². The molecule has 3 aromatic rings. The van der Waals surface area contributed by atoms with Crippen molar-refractivity contribution in [2.24, 2.45) is 0 Å². The molecule has 9 heteroatoms. The Morgan fingerprint density at radius 2 is 1.96 bits per heavy atom. The number of anilines is 1. The summed E-state index contributed by atoms with van der Waals surface area (Å²) < 4.78 is 4.62. The predicted molar refractivity (Wildman–Crippen MR) is 97.0 cm³/mol. The van der Waals surface area contributed by atoms with E-state index in [4.69, 9.17) is 0 Å². The van der Waals surface area contributed by atoms with Gasteiger partial charge in [-0.15, -0.1) is 16.4 Å². The first kappa shape index (κ1) is 16.7. The lowest BCUT2D eigenvalue weighted by atomic mass is 10.0.